The fraction of sp³-hybridized carbons (Fsp3) is 0.0667. The Morgan fingerprint density at radius 1 is 0.292 bits per heavy atom. The molecule has 0 aromatic heterocycles. The van der Waals surface area contributed by atoms with E-state index >= 15 is 0 Å². The van der Waals surface area contributed by atoms with Crippen molar-refractivity contribution in [2.24, 2.45) is 0 Å². The van der Waals surface area contributed by atoms with Crippen LogP contribution in [0.1, 0.15) is 67.8 Å². The summed E-state index contributed by atoms with van der Waals surface area (Å²) in [6, 6.07) is 49.6. The van der Waals surface area contributed by atoms with E-state index in [4.69, 9.17) is 0 Å². The summed E-state index contributed by atoms with van der Waals surface area (Å²) in [4.78, 5) is 0. The van der Waals surface area contributed by atoms with Crippen molar-refractivity contribution < 1.29 is 15.3 Å². The highest BCUT2D eigenvalue weighted by Crippen LogP contribution is 2.66. The minimum absolute atomic E-state index is 0.0355. The average molecular weight is 619 g/mol. The van der Waals surface area contributed by atoms with Gasteiger partial charge in [0.05, 0.1) is 0 Å². The normalized spacial score (nSPS) is 17.6. The van der Waals surface area contributed by atoms with Crippen LogP contribution in [0.15, 0.2) is 146 Å². The van der Waals surface area contributed by atoms with Crippen molar-refractivity contribution >= 4 is 0 Å². The quantitative estimate of drug-likeness (QED) is 0.185. The van der Waals surface area contributed by atoms with Gasteiger partial charge >= 0.3 is 0 Å². The summed E-state index contributed by atoms with van der Waals surface area (Å²) in [7, 11) is 0. The van der Waals surface area contributed by atoms with Gasteiger partial charge < -0.3 is 15.3 Å². The molecule has 7 aromatic carbocycles. The lowest BCUT2D eigenvalue weighted by Gasteiger charge is -2.25. The summed E-state index contributed by atoms with van der Waals surface area (Å²) < 4.78 is 0. The Labute approximate surface area is 278 Å². The van der Waals surface area contributed by atoms with Crippen LogP contribution in [-0.2, 0) is 0 Å². The lowest BCUT2D eigenvalue weighted by Crippen LogP contribution is -2.07. The maximum Gasteiger partial charge on any atom is 0.115 e. The molecular weight excluding hydrogens is 588 g/mol. The minimum atomic E-state index is -0.0355. The monoisotopic (exact) mass is 618 g/mol. The van der Waals surface area contributed by atoms with Crippen LogP contribution in [0.4, 0.5) is 0 Å². The topological polar surface area (TPSA) is 60.7 Å². The predicted octanol–water partition coefficient (Wildman–Crippen LogP) is 10.3. The molecule has 0 saturated carbocycles. The maximum atomic E-state index is 10.3. The third kappa shape index (κ3) is 3.64. The number of benzene rings is 7. The molecule has 3 heteroatoms. The summed E-state index contributed by atoms with van der Waals surface area (Å²) >= 11 is 0. The van der Waals surface area contributed by atoms with E-state index in [0.29, 0.717) is 0 Å². The first kappa shape index (κ1) is 27.1. The van der Waals surface area contributed by atoms with E-state index in [1.165, 1.54) is 66.8 Å². The molecule has 3 N–H and O–H groups in total. The molecule has 3 unspecified atom stereocenters. The van der Waals surface area contributed by atoms with Gasteiger partial charge in [0.15, 0.2) is 0 Å². The maximum absolute atomic E-state index is 10.3. The molecule has 10 rings (SSSR count). The van der Waals surface area contributed by atoms with E-state index < -0.39 is 0 Å². The standard InChI is InChI=1S/C45H30O3/c46-28-19-13-25(14-20-28)37-31-7-1-4-10-34(31)40-43(37)41-35-11-5-2-8-32(35)39(27-17-23-30(48)24-18-27)45(41)42-36-12-6-3-9-33(36)38(44(40)42)26-15-21-29(47)22-16-26/h1-24,37-39,46-48H. The van der Waals surface area contributed by atoms with Gasteiger partial charge in [-0.05, 0) is 120 Å². The Balaban J connectivity index is 1.41. The summed E-state index contributed by atoms with van der Waals surface area (Å²) in [5, 5.41) is 31.0. The van der Waals surface area contributed by atoms with Crippen molar-refractivity contribution in [3.8, 4) is 50.6 Å². The molecule has 0 aliphatic heterocycles. The summed E-state index contributed by atoms with van der Waals surface area (Å²) in [6.07, 6.45) is 0. The molecule has 48 heavy (non-hydrogen) atoms. The van der Waals surface area contributed by atoms with Gasteiger partial charge in [-0.15, -0.1) is 0 Å². The van der Waals surface area contributed by atoms with Crippen LogP contribution in [0.2, 0.25) is 0 Å². The molecular formula is C45H30O3. The Bertz CT molecular complexity index is 2130. The number of phenolic OH excluding ortho intramolecular Hbond substituents is 3. The lowest BCUT2D eigenvalue weighted by molar-refractivity contribution is 0.474. The number of hydrogen-bond acceptors (Lipinski definition) is 3. The minimum Gasteiger partial charge on any atom is -0.508 e. The van der Waals surface area contributed by atoms with E-state index in [2.05, 4.69) is 109 Å². The molecule has 3 aliphatic carbocycles. The number of hydrogen-bond donors (Lipinski definition) is 3. The molecule has 3 aliphatic rings. The van der Waals surface area contributed by atoms with E-state index in [9.17, 15) is 15.3 Å². The molecule has 7 aromatic rings. The van der Waals surface area contributed by atoms with E-state index in [1.54, 1.807) is 36.4 Å². The lowest BCUT2D eigenvalue weighted by atomic mass is 9.77. The van der Waals surface area contributed by atoms with Gasteiger partial charge in [-0.3, -0.25) is 0 Å². The van der Waals surface area contributed by atoms with Gasteiger partial charge in [0, 0.05) is 17.8 Å². The summed E-state index contributed by atoms with van der Waals surface area (Å²) in [5.74, 6) is 0.657. The second-order valence-corrected chi connectivity index (χ2v) is 13.2. The molecule has 0 radical (unpaired) electrons. The Kier molecular flexibility index (Phi) is 5.63. The summed E-state index contributed by atoms with van der Waals surface area (Å²) in [5.41, 5.74) is 18.7. The van der Waals surface area contributed by atoms with Crippen molar-refractivity contribution in [3.05, 3.63) is 196 Å². The third-order valence-corrected chi connectivity index (χ3v) is 10.8. The van der Waals surface area contributed by atoms with Crippen LogP contribution < -0.4 is 0 Å². The average Bonchev–Trinajstić information content (AvgIpc) is 3.76. The van der Waals surface area contributed by atoms with Crippen molar-refractivity contribution in [1.82, 2.24) is 0 Å². The highest BCUT2D eigenvalue weighted by molar-refractivity contribution is 6.04. The van der Waals surface area contributed by atoms with Gasteiger partial charge in [0.2, 0.25) is 0 Å². The van der Waals surface area contributed by atoms with Gasteiger partial charge in [0.25, 0.3) is 0 Å². The Hall–Kier alpha value is -6.06. The number of fused-ring (bicyclic) bond motifs is 12. The molecule has 0 heterocycles. The Morgan fingerprint density at radius 3 is 0.812 bits per heavy atom. The molecule has 0 bridgehead atoms. The van der Waals surface area contributed by atoms with Crippen LogP contribution >= 0.6 is 0 Å². The van der Waals surface area contributed by atoms with Gasteiger partial charge in [-0.2, -0.15) is 0 Å². The zero-order valence-electron chi connectivity index (χ0n) is 25.9. The molecule has 228 valence electrons. The van der Waals surface area contributed by atoms with Crippen LogP contribution in [0, 0.1) is 0 Å². The largest absolute Gasteiger partial charge is 0.508 e. The zero-order valence-corrected chi connectivity index (χ0v) is 25.9. The SMILES string of the molecule is Oc1ccc(C2c3ccccc3-c3c2c2c(c4c3C(c3ccc(O)cc3)c3ccccc3-4)C(c3ccc(O)cc3)c3ccccc3-2)cc1. The van der Waals surface area contributed by atoms with Crippen molar-refractivity contribution in [3.63, 3.8) is 0 Å². The van der Waals surface area contributed by atoms with Crippen LogP contribution in [0.25, 0.3) is 33.4 Å². The molecule has 3 atom stereocenters. The molecule has 3 nitrogen and oxygen atoms in total. The third-order valence-electron chi connectivity index (χ3n) is 10.8. The first-order valence-electron chi connectivity index (χ1n) is 16.5. The van der Waals surface area contributed by atoms with Crippen LogP contribution in [-0.4, -0.2) is 15.3 Å². The van der Waals surface area contributed by atoms with Crippen LogP contribution in [0.3, 0.4) is 0 Å². The fourth-order valence-electron chi connectivity index (χ4n) is 8.98. The van der Waals surface area contributed by atoms with E-state index in [-0.39, 0.29) is 35.0 Å². The smallest absolute Gasteiger partial charge is 0.115 e. The molecule has 0 spiro atoms. The summed E-state index contributed by atoms with van der Waals surface area (Å²) in [6.45, 7) is 0. The zero-order chi connectivity index (χ0) is 32.1. The predicted molar refractivity (Wildman–Crippen MR) is 190 cm³/mol. The number of rotatable bonds is 3. The highest BCUT2D eigenvalue weighted by atomic mass is 16.3. The fourth-order valence-corrected chi connectivity index (χ4v) is 8.98. The second-order valence-electron chi connectivity index (χ2n) is 13.2. The van der Waals surface area contributed by atoms with Crippen molar-refractivity contribution in [2.45, 2.75) is 17.8 Å². The molecule has 0 amide bonds. The Morgan fingerprint density at radius 2 is 0.542 bits per heavy atom. The first-order valence-corrected chi connectivity index (χ1v) is 16.5. The van der Waals surface area contributed by atoms with Crippen molar-refractivity contribution in [1.29, 1.82) is 0 Å². The number of aromatic hydroxyl groups is 3. The first-order chi connectivity index (χ1) is 23.6. The second kappa shape index (κ2) is 9.97. The van der Waals surface area contributed by atoms with Gasteiger partial charge in [-0.1, -0.05) is 109 Å². The molecule has 0 fully saturated rings. The van der Waals surface area contributed by atoms with Gasteiger partial charge in [0.1, 0.15) is 17.2 Å². The van der Waals surface area contributed by atoms with Gasteiger partial charge in [-0.25, -0.2) is 0 Å². The van der Waals surface area contributed by atoms with Crippen LogP contribution in [0.5, 0.6) is 17.2 Å². The van der Waals surface area contributed by atoms with E-state index in [1.807, 2.05) is 0 Å². The van der Waals surface area contributed by atoms with E-state index in [0.717, 1.165) is 16.7 Å². The number of phenols is 3. The highest BCUT2D eigenvalue weighted by Gasteiger charge is 2.47. The molecule has 0 saturated heterocycles. The van der Waals surface area contributed by atoms with Crippen molar-refractivity contribution in [2.75, 3.05) is 0 Å².